The van der Waals surface area contributed by atoms with Gasteiger partial charge in [0.1, 0.15) is 12.2 Å². The van der Waals surface area contributed by atoms with Crippen LogP contribution in [0.25, 0.3) is 5.65 Å². The van der Waals surface area contributed by atoms with Crippen LogP contribution in [0.3, 0.4) is 0 Å². The van der Waals surface area contributed by atoms with Crippen molar-refractivity contribution < 1.29 is 4.92 Å². The van der Waals surface area contributed by atoms with Gasteiger partial charge in [0.25, 0.3) is 0 Å². The average Bonchev–Trinajstić information content (AvgIpc) is 3.18. The van der Waals surface area contributed by atoms with E-state index in [2.05, 4.69) is 15.2 Å². The fourth-order valence-corrected chi connectivity index (χ4v) is 3.39. The minimum absolute atomic E-state index is 0.0178. The number of fused-ring (bicyclic) bond motifs is 1. The zero-order chi connectivity index (χ0) is 16.7. The predicted octanol–water partition coefficient (Wildman–Crippen LogP) is 1.75. The number of imidazole rings is 1. The van der Waals surface area contributed by atoms with Gasteiger partial charge in [0, 0.05) is 32.1 Å². The van der Waals surface area contributed by atoms with Crippen molar-refractivity contribution in [3.63, 3.8) is 0 Å². The number of aryl methyl sites for hydroxylation is 1. The Hall–Kier alpha value is -2.97. The summed E-state index contributed by atoms with van der Waals surface area (Å²) in [6.45, 7) is 1.40. The molecule has 0 saturated carbocycles. The van der Waals surface area contributed by atoms with E-state index in [9.17, 15) is 10.1 Å². The molecule has 0 spiro atoms. The molecule has 3 aromatic rings. The van der Waals surface area contributed by atoms with Gasteiger partial charge in [0.05, 0.1) is 6.20 Å². The van der Waals surface area contributed by atoms with Gasteiger partial charge >= 0.3 is 5.82 Å². The van der Waals surface area contributed by atoms with Crippen LogP contribution in [-0.2, 0) is 7.05 Å². The molecule has 0 N–H and O–H groups in total. The molecule has 1 aliphatic heterocycles. The lowest BCUT2D eigenvalue weighted by Crippen LogP contribution is -2.35. The Bertz CT molecular complexity index is 900. The first-order chi connectivity index (χ1) is 11.6. The number of piperidine rings is 1. The summed E-state index contributed by atoms with van der Waals surface area (Å²) in [5.74, 6) is 1.55. The standard InChI is InChI=1S/C15H17N7O2/c1-19-10-16-18-13(19)11-5-4-7-20(9-11)14-15(22(23)24)21-8-3-2-6-12(21)17-14/h2-3,6,8,10-11H,4-5,7,9H2,1H3. The molecule has 0 radical (unpaired) electrons. The molecule has 9 nitrogen and oxygen atoms in total. The molecule has 0 aromatic carbocycles. The summed E-state index contributed by atoms with van der Waals surface area (Å²) < 4.78 is 3.44. The van der Waals surface area contributed by atoms with Crippen LogP contribution in [-0.4, -0.2) is 42.2 Å². The molecule has 9 heteroatoms. The maximum Gasteiger partial charge on any atom is 0.372 e. The molecule has 0 bridgehead atoms. The molecule has 1 atom stereocenters. The molecule has 24 heavy (non-hydrogen) atoms. The van der Waals surface area contributed by atoms with E-state index in [4.69, 9.17) is 0 Å². The number of hydrogen-bond donors (Lipinski definition) is 0. The van der Waals surface area contributed by atoms with Gasteiger partial charge in [-0.2, -0.15) is 9.38 Å². The SMILES string of the molecule is Cn1cnnc1C1CCCN(c2nc3ccccn3c2[N+](=O)[O-])C1. The smallest absolute Gasteiger partial charge is 0.358 e. The highest BCUT2D eigenvalue weighted by molar-refractivity contribution is 5.63. The average molecular weight is 327 g/mol. The normalized spacial score (nSPS) is 18.2. The minimum Gasteiger partial charge on any atom is -0.358 e. The van der Waals surface area contributed by atoms with E-state index >= 15 is 0 Å². The lowest BCUT2D eigenvalue weighted by atomic mass is 9.97. The van der Waals surface area contributed by atoms with Crippen LogP contribution in [0.15, 0.2) is 30.7 Å². The van der Waals surface area contributed by atoms with Gasteiger partial charge in [-0.3, -0.25) is 0 Å². The van der Waals surface area contributed by atoms with Crippen LogP contribution in [0.5, 0.6) is 0 Å². The molecule has 1 aliphatic rings. The number of nitrogens with zero attached hydrogens (tertiary/aromatic N) is 7. The fraction of sp³-hybridized carbons (Fsp3) is 0.400. The number of nitro groups is 1. The summed E-state index contributed by atoms with van der Waals surface area (Å²) in [7, 11) is 1.92. The molecule has 1 fully saturated rings. The van der Waals surface area contributed by atoms with Crippen LogP contribution in [0.4, 0.5) is 11.6 Å². The van der Waals surface area contributed by atoms with Crippen molar-refractivity contribution in [2.24, 2.45) is 7.05 Å². The van der Waals surface area contributed by atoms with Crippen molar-refractivity contribution in [1.82, 2.24) is 24.1 Å². The molecule has 0 amide bonds. The van der Waals surface area contributed by atoms with Crippen LogP contribution in [0, 0.1) is 10.1 Å². The van der Waals surface area contributed by atoms with Gasteiger partial charge in [-0.05, 0) is 23.8 Å². The van der Waals surface area contributed by atoms with Crippen LogP contribution in [0.1, 0.15) is 24.6 Å². The van der Waals surface area contributed by atoms with E-state index in [0.717, 1.165) is 25.2 Å². The lowest BCUT2D eigenvalue weighted by Gasteiger charge is -2.31. The number of rotatable bonds is 3. The van der Waals surface area contributed by atoms with Gasteiger partial charge in [-0.1, -0.05) is 6.07 Å². The third-order valence-corrected chi connectivity index (χ3v) is 4.49. The maximum absolute atomic E-state index is 11.6. The Morgan fingerprint density at radius 2 is 2.25 bits per heavy atom. The molecule has 0 aliphatic carbocycles. The van der Waals surface area contributed by atoms with E-state index in [0.29, 0.717) is 18.0 Å². The van der Waals surface area contributed by atoms with Gasteiger partial charge in [0.15, 0.2) is 0 Å². The maximum atomic E-state index is 11.6. The van der Waals surface area contributed by atoms with E-state index in [1.54, 1.807) is 24.7 Å². The molecule has 4 heterocycles. The largest absolute Gasteiger partial charge is 0.372 e. The van der Waals surface area contributed by atoms with Gasteiger partial charge in [0.2, 0.25) is 11.5 Å². The van der Waals surface area contributed by atoms with Crippen molar-refractivity contribution in [2.45, 2.75) is 18.8 Å². The van der Waals surface area contributed by atoms with Crippen LogP contribution < -0.4 is 4.90 Å². The highest BCUT2D eigenvalue weighted by Crippen LogP contribution is 2.34. The van der Waals surface area contributed by atoms with E-state index in [1.165, 1.54) is 4.40 Å². The van der Waals surface area contributed by atoms with Gasteiger partial charge in [-0.15, -0.1) is 10.2 Å². The summed E-state index contributed by atoms with van der Waals surface area (Å²) in [6, 6.07) is 5.37. The molecule has 1 unspecified atom stereocenters. The molecule has 4 rings (SSSR count). The molecular formula is C15H17N7O2. The summed E-state index contributed by atoms with van der Waals surface area (Å²) in [5, 5.41) is 19.7. The fourth-order valence-electron chi connectivity index (χ4n) is 3.39. The quantitative estimate of drug-likeness (QED) is 0.537. The van der Waals surface area contributed by atoms with Gasteiger partial charge < -0.3 is 19.6 Å². The summed E-state index contributed by atoms with van der Waals surface area (Å²) in [4.78, 5) is 17.7. The van der Waals surface area contributed by atoms with E-state index < -0.39 is 0 Å². The molecule has 1 saturated heterocycles. The summed E-state index contributed by atoms with van der Waals surface area (Å²) in [5.41, 5.74) is 0.583. The predicted molar refractivity (Wildman–Crippen MR) is 87.0 cm³/mol. The first-order valence-corrected chi connectivity index (χ1v) is 7.85. The van der Waals surface area contributed by atoms with Crippen LogP contribution in [0.2, 0.25) is 0 Å². The number of anilines is 1. The molecule has 124 valence electrons. The molecule has 3 aromatic heterocycles. The Morgan fingerprint density at radius 3 is 3.00 bits per heavy atom. The molecular weight excluding hydrogens is 310 g/mol. The monoisotopic (exact) mass is 327 g/mol. The topological polar surface area (TPSA) is 94.4 Å². The Labute approximate surface area is 137 Å². The van der Waals surface area contributed by atoms with Crippen molar-refractivity contribution in [3.05, 3.63) is 46.7 Å². The zero-order valence-corrected chi connectivity index (χ0v) is 13.2. The Balaban J connectivity index is 1.73. The highest BCUT2D eigenvalue weighted by Gasteiger charge is 2.32. The minimum atomic E-state index is -0.360. The van der Waals surface area contributed by atoms with E-state index in [1.807, 2.05) is 22.6 Å². The summed E-state index contributed by atoms with van der Waals surface area (Å²) in [6.07, 6.45) is 5.28. The zero-order valence-electron chi connectivity index (χ0n) is 13.2. The number of pyridine rings is 1. The second-order valence-electron chi connectivity index (χ2n) is 6.03. The summed E-state index contributed by atoms with van der Waals surface area (Å²) >= 11 is 0. The second kappa shape index (κ2) is 5.59. The van der Waals surface area contributed by atoms with Gasteiger partial charge in [-0.25, -0.2) is 0 Å². The Morgan fingerprint density at radius 1 is 1.38 bits per heavy atom. The van der Waals surface area contributed by atoms with Crippen molar-refractivity contribution in [2.75, 3.05) is 18.0 Å². The third-order valence-electron chi connectivity index (χ3n) is 4.49. The van der Waals surface area contributed by atoms with Crippen molar-refractivity contribution in [3.8, 4) is 0 Å². The van der Waals surface area contributed by atoms with E-state index in [-0.39, 0.29) is 16.7 Å². The van der Waals surface area contributed by atoms with Crippen molar-refractivity contribution >= 4 is 17.3 Å². The third kappa shape index (κ3) is 2.29. The Kier molecular flexibility index (Phi) is 3.40. The first kappa shape index (κ1) is 14.6. The number of hydrogen-bond acceptors (Lipinski definition) is 6. The van der Waals surface area contributed by atoms with Crippen molar-refractivity contribution in [1.29, 1.82) is 0 Å². The first-order valence-electron chi connectivity index (χ1n) is 7.85. The highest BCUT2D eigenvalue weighted by atomic mass is 16.6. The van der Waals surface area contributed by atoms with Crippen LogP contribution >= 0.6 is 0 Å². The second-order valence-corrected chi connectivity index (χ2v) is 6.03. The number of aromatic nitrogens is 5. The lowest BCUT2D eigenvalue weighted by molar-refractivity contribution is -0.389.